The topological polar surface area (TPSA) is 95.5 Å². The van der Waals surface area contributed by atoms with Crippen molar-refractivity contribution in [1.29, 1.82) is 0 Å². The summed E-state index contributed by atoms with van der Waals surface area (Å²) in [7, 11) is -3.87. The lowest BCUT2D eigenvalue weighted by Crippen LogP contribution is -2.42. The second-order valence-corrected chi connectivity index (χ2v) is 7.00. The average Bonchev–Trinajstić information content (AvgIpc) is 2.49. The van der Waals surface area contributed by atoms with E-state index in [-0.39, 0.29) is 4.90 Å². The third kappa shape index (κ3) is 4.52. The fourth-order valence-electron chi connectivity index (χ4n) is 1.86. The van der Waals surface area contributed by atoms with Crippen molar-refractivity contribution in [1.82, 2.24) is 10.3 Å². The van der Waals surface area contributed by atoms with Crippen molar-refractivity contribution in [2.24, 2.45) is 0 Å². The molecule has 0 heterocycles. The van der Waals surface area contributed by atoms with Crippen LogP contribution in [0.5, 0.6) is 0 Å². The molecule has 0 fully saturated rings. The number of benzene rings is 2. The highest BCUT2D eigenvalue weighted by molar-refractivity contribution is 7.89. The summed E-state index contributed by atoms with van der Waals surface area (Å²) >= 11 is 5.76. The molecule has 0 aromatic heterocycles. The Bertz CT molecular complexity index is 789. The van der Waals surface area contributed by atoms with Gasteiger partial charge in [0.15, 0.2) is 0 Å². The van der Waals surface area contributed by atoms with E-state index in [9.17, 15) is 18.3 Å². The van der Waals surface area contributed by atoms with Gasteiger partial charge in [-0.15, -0.1) is 4.83 Å². The van der Waals surface area contributed by atoms with Crippen molar-refractivity contribution in [2.75, 3.05) is 0 Å². The molecule has 0 aliphatic heterocycles. The summed E-state index contributed by atoms with van der Waals surface area (Å²) in [5, 5.41) is 9.73. The number of rotatable bonds is 6. The van der Waals surface area contributed by atoms with Gasteiger partial charge >= 0.3 is 5.97 Å². The fourth-order valence-corrected chi connectivity index (χ4v) is 2.87. The van der Waals surface area contributed by atoms with Crippen LogP contribution < -0.4 is 10.3 Å². The Morgan fingerprint density at radius 1 is 1.09 bits per heavy atom. The molecule has 0 aliphatic carbocycles. The van der Waals surface area contributed by atoms with E-state index >= 15 is 0 Å². The predicted molar refractivity (Wildman–Crippen MR) is 86.5 cm³/mol. The Morgan fingerprint density at radius 2 is 1.65 bits per heavy atom. The zero-order valence-corrected chi connectivity index (χ0v) is 13.7. The first-order valence-corrected chi connectivity index (χ1v) is 8.48. The zero-order chi connectivity index (χ0) is 17.0. The zero-order valence-electron chi connectivity index (χ0n) is 12.2. The summed E-state index contributed by atoms with van der Waals surface area (Å²) in [5.74, 6) is -1.22. The second-order valence-electron chi connectivity index (χ2n) is 4.89. The van der Waals surface area contributed by atoms with Gasteiger partial charge in [-0.25, -0.2) is 13.8 Å². The van der Waals surface area contributed by atoms with Gasteiger partial charge in [0.05, 0.1) is 4.90 Å². The average molecular weight is 355 g/mol. The van der Waals surface area contributed by atoms with Crippen LogP contribution >= 0.6 is 11.6 Å². The van der Waals surface area contributed by atoms with Gasteiger partial charge in [-0.1, -0.05) is 41.4 Å². The van der Waals surface area contributed by atoms with Crippen molar-refractivity contribution < 1.29 is 18.3 Å². The first-order valence-electron chi connectivity index (χ1n) is 6.62. The van der Waals surface area contributed by atoms with Crippen LogP contribution in [0.15, 0.2) is 53.4 Å². The van der Waals surface area contributed by atoms with E-state index in [1.807, 2.05) is 6.92 Å². The number of aryl methyl sites for hydroxylation is 1. The number of hydrogen-bond acceptors (Lipinski definition) is 4. The first kappa shape index (κ1) is 17.4. The van der Waals surface area contributed by atoms with Crippen LogP contribution in [0.2, 0.25) is 5.02 Å². The predicted octanol–water partition coefficient (Wildman–Crippen LogP) is 2.26. The summed E-state index contributed by atoms with van der Waals surface area (Å²) in [6.45, 7) is 1.84. The highest BCUT2D eigenvalue weighted by Crippen LogP contribution is 2.17. The van der Waals surface area contributed by atoms with Gasteiger partial charge in [0.2, 0.25) is 0 Å². The molecule has 1 unspecified atom stereocenters. The van der Waals surface area contributed by atoms with Crippen molar-refractivity contribution in [3.63, 3.8) is 0 Å². The second kappa shape index (κ2) is 7.10. The number of hydrazine groups is 1. The number of carboxylic acid groups (broad SMARTS) is 1. The molecule has 0 amide bonds. The largest absolute Gasteiger partial charge is 0.480 e. The van der Waals surface area contributed by atoms with Crippen molar-refractivity contribution in [3.8, 4) is 0 Å². The summed E-state index contributed by atoms with van der Waals surface area (Å²) in [5.41, 5.74) is 3.61. The smallest absolute Gasteiger partial charge is 0.326 e. The quantitative estimate of drug-likeness (QED) is 0.691. The summed E-state index contributed by atoms with van der Waals surface area (Å²) < 4.78 is 24.3. The minimum atomic E-state index is -3.87. The minimum Gasteiger partial charge on any atom is -0.480 e. The lowest BCUT2D eigenvalue weighted by Gasteiger charge is -2.16. The highest BCUT2D eigenvalue weighted by Gasteiger charge is 2.22. The number of nitrogens with one attached hydrogen (secondary N) is 2. The van der Waals surface area contributed by atoms with Crippen LogP contribution in [-0.4, -0.2) is 19.5 Å². The first-order chi connectivity index (χ1) is 10.8. The lowest BCUT2D eigenvalue weighted by atomic mass is 10.1. The summed E-state index contributed by atoms with van der Waals surface area (Å²) in [6.07, 6.45) is 0. The standard InChI is InChI=1S/C15H15ClN2O4S/c1-10-2-8-13(9-3-10)23(21,22)18-17-14(15(19)20)11-4-6-12(16)7-5-11/h2-9,14,17-18H,1H3,(H,19,20). The van der Waals surface area contributed by atoms with Crippen molar-refractivity contribution >= 4 is 27.6 Å². The van der Waals surface area contributed by atoms with Gasteiger partial charge in [0, 0.05) is 5.02 Å². The van der Waals surface area contributed by atoms with E-state index in [0.29, 0.717) is 10.6 Å². The Morgan fingerprint density at radius 3 is 2.17 bits per heavy atom. The lowest BCUT2D eigenvalue weighted by molar-refractivity contribution is -0.139. The molecule has 23 heavy (non-hydrogen) atoms. The molecule has 2 aromatic rings. The molecule has 2 aromatic carbocycles. The summed E-state index contributed by atoms with van der Waals surface area (Å²) in [6, 6.07) is 11.0. The van der Waals surface area contributed by atoms with Crippen LogP contribution in [-0.2, 0) is 14.8 Å². The third-order valence-corrected chi connectivity index (χ3v) is 4.65. The van der Waals surface area contributed by atoms with E-state index < -0.39 is 22.0 Å². The van der Waals surface area contributed by atoms with Gasteiger partial charge < -0.3 is 5.11 Å². The van der Waals surface area contributed by atoms with Gasteiger partial charge in [-0.05, 0) is 36.8 Å². The minimum absolute atomic E-state index is 0.0378. The maximum atomic E-state index is 12.2. The van der Waals surface area contributed by atoms with E-state index in [1.54, 1.807) is 12.1 Å². The van der Waals surface area contributed by atoms with Crippen LogP contribution in [0.1, 0.15) is 17.2 Å². The number of hydrogen-bond donors (Lipinski definition) is 3. The van der Waals surface area contributed by atoms with Crippen molar-refractivity contribution in [2.45, 2.75) is 17.9 Å². The van der Waals surface area contributed by atoms with Crippen LogP contribution in [0, 0.1) is 6.92 Å². The van der Waals surface area contributed by atoms with Gasteiger partial charge in [-0.3, -0.25) is 4.79 Å². The van der Waals surface area contributed by atoms with Crippen LogP contribution in [0.3, 0.4) is 0 Å². The summed E-state index contributed by atoms with van der Waals surface area (Å²) in [4.78, 5) is 13.5. The number of carbonyl (C=O) groups is 1. The normalized spacial score (nSPS) is 12.8. The molecule has 2 rings (SSSR count). The molecule has 122 valence electrons. The SMILES string of the molecule is Cc1ccc(S(=O)(=O)NNC(C(=O)O)c2ccc(Cl)cc2)cc1. The van der Waals surface area contributed by atoms with E-state index in [0.717, 1.165) is 5.56 Å². The van der Waals surface area contributed by atoms with E-state index in [4.69, 9.17) is 11.6 Å². The number of halogens is 1. The maximum absolute atomic E-state index is 12.2. The monoisotopic (exact) mass is 354 g/mol. The number of aliphatic carboxylic acids is 1. The number of sulfonamides is 1. The molecule has 0 radical (unpaired) electrons. The molecule has 0 saturated heterocycles. The van der Waals surface area contributed by atoms with Gasteiger partial charge in [0.25, 0.3) is 10.0 Å². The molecule has 0 saturated carbocycles. The molecule has 0 aliphatic rings. The van der Waals surface area contributed by atoms with Crippen LogP contribution in [0.4, 0.5) is 0 Å². The van der Waals surface area contributed by atoms with Gasteiger partial charge in [0.1, 0.15) is 6.04 Å². The Labute approximate surface area is 139 Å². The Hall–Kier alpha value is -1.93. The maximum Gasteiger partial charge on any atom is 0.326 e. The Kier molecular flexibility index (Phi) is 5.38. The Balaban J connectivity index is 2.16. The molecular formula is C15H15ClN2O4S. The van der Waals surface area contributed by atoms with E-state index in [2.05, 4.69) is 10.3 Å². The van der Waals surface area contributed by atoms with Crippen molar-refractivity contribution in [3.05, 3.63) is 64.7 Å². The third-order valence-electron chi connectivity index (χ3n) is 3.12. The highest BCUT2D eigenvalue weighted by atomic mass is 35.5. The van der Waals surface area contributed by atoms with E-state index in [1.165, 1.54) is 36.4 Å². The molecule has 0 spiro atoms. The van der Waals surface area contributed by atoms with Gasteiger partial charge in [-0.2, -0.15) is 0 Å². The molecular weight excluding hydrogens is 340 g/mol. The molecule has 0 bridgehead atoms. The molecule has 6 nitrogen and oxygen atoms in total. The number of carboxylic acids is 1. The molecule has 1 atom stereocenters. The molecule has 8 heteroatoms. The van der Waals surface area contributed by atoms with Crippen LogP contribution in [0.25, 0.3) is 0 Å². The molecule has 3 N–H and O–H groups in total. The fraction of sp³-hybridized carbons (Fsp3) is 0.133.